The van der Waals surface area contributed by atoms with Crippen LogP contribution in [-0.2, 0) is 25.9 Å². The number of fused-ring (bicyclic) bond motifs is 2. The van der Waals surface area contributed by atoms with E-state index in [-0.39, 0.29) is 18.8 Å². The van der Waals surface area contributed by atoms with Gasteiger partial charge in [0, 0.05) is 11.9 Å². The van der Waals surface area contributed by atoms with Crippen molar-refractivity contribution in [3.8, 4) is 0 Å². The summed E-state index contributed by atoms with van der Waals surface area (Å²) in [5, 5.41) is 13.1. The number of rotatable bonds is 5. The molecule has 3 heterocycles. The van der Waals surface area contributed by atoms with E-state index >= 15 is 0 Å². The van der Waals surface area contributed by atoms with E-state index in [2.05, 4.69) is 14.6 Å². The number of nitrogen functional groups attached to an aromatic ring is 1. The van der Waals surface area contributed by atoms with Crippen molar-refractivity contribution in [3.05, 3.63) is 11.1 Å². The standard InChI is InChI=1S/C12H16N6O6S2/c13-10(16-9(19)3-6-5-25-11(14)15-6)8-2-1-7-4-17(8)12(20)18(7)24-26(21,22)23/h5,7-8H,1-4H2,(H2,14,15)(H2,13,16,19)(H,21,22,23). The minimum atomic E-state index is -4.83. The number of piperidine rings is 1. The van der Waals surface area contributed by atoms with Crippen molar-refractivity contribution < 1.29 is 26.8 Å². The van der Waals surface area contributed by atoms with Gasteiger partial charge in [-0.3, -0.25) is 14.8 Å². The fourth-order valence-electron chi connectivity index (χ4n) is 2.98. The molecule has 2 aliphatic heterocycles. The summed E-state index contributed by atoms with van der Waals surface area (Å²) in [4.78, 5) is 29.5. The van der Waals surface area contributed by atoms with Crippen LogP contribution in [0.15, 0.2) is 5.38 Å². The van der Waals surface area contributed by atoms with Crippen LogP contribution in [0, 0.1) is 5.41 Å². The molecule has 14 heteroatoms. The molecule has 1 aromatic rings. The molecule has 5 N–H and O–H groups in total. The maximum atomic E-state index is 12.3. The maximum absolute atomic E-state index is 12.3. The van der Waals surface area contributed by atoms with Crippen LogP contribution in [0.4, 0.5) is 9.93 Å². The fraction of sp³-hybridized carbons (Fsp3) is 0.500. The Kier molecular flexibility index (Phi) is 4.83. The number of anilines is 1. The molecule has 26 heavy (non-hydrogen) atoms. The molecule has 0 aromatic carbocycles. The first-order valence-electron chi connectivity index (χ1n) is 7.49. The number of thiazole rings is 1. The molecule has 3 rings (SSSR count). The van der Waals surface area contributed by atoms with E-state index < -0.39 is 34.4 Å². The zero-order valence-corrected chi connectivity index (χ0v) is 14.9. The van der Waals surface area contributed by atoms with Crippen LogP contribution in [0.2, 0.25) is 0 Å². The van der Waals surface area contributed by atoms with Gasteiger partial charge in [0.1, 0.15) is 5.84 Å². The molecule has 2 saturated heterocycles. The Morgan fingerprint density at radius 3 is 2.88 bits per heavy atom. The average molecular weight is 404 g/mol. The number of hydrogen-bond donors (Lipinski definition) is 4. The van der Waals surface area contributed by atoms with E-state index in [9.17, 15) is 18.0 Å². The number of hydrogen-bond acceptors (Lipinski definition) is 9. The van der Waals surface area contributed by atoms with E-state index in [1.54, 1.807) is 5.38 Å². The molecular weight excluding hydrogens is 388 g/mol. The third-order valence-corrected chi connectivity index (χ3v) is 5.09. The van der Waals surface area contributed by atoms with Crippen LogP contribution in [0.3, 0.4) is 0 Å². The summed E-state index contributed by atoms with van der Waals surface area (Å²) in [7, 11) is -4.83. The molecule has 2 atom stereocenters. The summed E-state index contributed by atoms with van der Waals surface area (Å²) in [6, 6.07) is -2.07. The van der Waals surface area contributed by atoms with Gasteiger partial charge in [-0.2, -0.15) is 13.5 Å². The second-order valence-electron chi connectivity index (χ2n) is 5.83. The highest BCUT2D eigenvalue weighted by atomic mass is 32.3. The topological polar surface area (TPSA) is 179 Å². The lowest BCUT2D eigenvalue weighted by molar-refractivity contribution is -0.119. The summed E-state index contributed by atoms with van der Waals surface area (Å²) in [6.07, 6.45) is 0.630. The number of urea groups is 1. The Morgan fingerprint density at radius 2 is 2.27 bits per heavy atom. The summed E-state index contributed by atoms with van der Waals surface area (Å²) in [5.74, 6) is -0.654. The van der Waals surface area contributed by atoms with Gasteiger partial charge in [0.25, 0.3) is 0 Å². The Bertz CT molecular complexity index is 854. The van der Waals surface area contributed by atoms with Crippen molar-refractivity contribution in [1.29, 1.82) is 5.41 Å². The van der Waals surface area contributed by atoms with Crippen LogP contribution >= 0.6 is 11.3 Å². The number of amidine groups is 1. The van der Waals surface area contributed by atoms with Crippen LogP contribution in [0.5, 0.6) is 0 Å². The minimum Gasteiger partial charge on any atom is -0.375 e. The number of carbonyl (C=O) groups excluding carboxylic acids is 2. The molecule has 2 bridgehead atoms. The fourth-order valence-corrected chi connectivity index (χ4v) is 3.93. The SMILES string of the molecule is N=C(NC(=O)Cc1csc(N)n1)C1CCC2CN1C(=O)N2OS(=O)(=O)O. The Balaban J connectivity index is 1.62. The lowest BCUT2D eigenvalue weighted by atomic mass is 10.00. The quantitative estimate of drug-likeness (QED) is 0.284. The molecule has 0 aliphatic carbocycles. The number of aromatic nitrogens is 1. The van der Waals surface area contributed by atoms with Gasteiger partial charge in [0.15, 0.2) is 5.13 Å². The molecule has 142 valence electrons. The second kappa shape index (κ2) is 6.79. The monoisotopic (exact) mass is 404 g/mol. The van der Waals surface area contributed by atoms with Gasteiger partial charge in [0.05, 0.1) is 24.2 Å². The molecule has 0 saturated carbocycles. The summed E-state index contributed by atoms with van der Waals surface area (Å²) in [6.45, 7) is 0.125. The third kappa shape index (κ3) is 3.92. The summed E-state index contributed by atoms with van der Waals surface area (Å²) >= 11 is 1.20. The number of carbonyl (C=O) groups is 2. The molecule has 2 unspecified atom stereocenters. The predicted molar refractivity (Wildman–Crippen MR) is 89.5 cm³/mol. The maximum Gasteiger partial charge on any atom is 0.418 e. The zero-order valence-electron chi connectivity index (χ0n) is 13.3. The molecule has 0 radical (unpaired) electrons. The van der Waals surface area contributed by atoms with Crippen molar-refractivity contribution in [2.24, 2.45) is 0 Å². The Labute approximate surface area is 152 Å². The highest BCUT2D eigenvalue weighted by molar-refractivity contribution is 7.80. The number of nitrogens with one attached hydrogen (secondary N) is 2. The first-order chi connectivity index (χ1) is 12.1. The van der Waals surface area contributed by atoms with Crippen LogP contribution in [0.25, 0.3) is 0 Å². The number of nitrogens with two attached hydrogens (primary N) is 1. The number of hydroxylamine groups is 2. The normalized spacial score (nSPS) is 22.6. The van der Waals surface area contributed by atoms with Gasteiger partial charge in [0.2, 0.25) is 5.91 Å². The highest BCUT2D eigenvalue weighted by Gasteiger charge is 2.48. The van der Waals surface area contributed by atoms with Gasteiger partial charge in [-0.1, -0.05) is 0 Å². The van der Waals surface area contributed by atoms with Gasteiger partial charge in [-0.25, -0.2) is 9.78 Å². The van der Waals surface area contributed by atoms with Gasteiger partial charge in [-0.15, -0.1) is 15.6 Å². The van der Waals surface area contributed by atoms with E-state index in [4.69, 9.17) is 15.7 Å². The van der Waals surface area contributed by atoms with E-state index in [0.717, 1.165) is 0 Å². The summed E-state index contributed by atoms with van der Waals surface area (Å²) in [5.41, 5.74) is 5.98. The van der Waals surface area contributed by atoms with E-state index in [1.165, 1.54) is 16.2 Å². The summed E-state index contributed by atoms with van der Waals surface area (Å²) < 4.78 is 34.8. The predicted octanol–water partition coefficient (Wildman–Crippen LogP) is -0.636. The number of amides is 3. The number of nitrogens with zero attached hydrogens (tertiary/aromatic N) is 3. The largest absolute Gasteiger partial charge is 0.418 e. The highest BCUT2D eigenvalue weighted by Crippen LogP contribution is 2.30. The molecule has 12 nitrogen and oxygen atoms in total. The van der Waals surface area contributed by atoms with Crippen LogP contribution in [0.1, 0.15) is 18.5 Å². The lowest BCUT2D eigenvalue weighted by Gasteiger charge is -2.30. The van der Waals surface area contributed by atoms with Crippen LogP contribution < -0.4 is 11.1 Å². The van der Waals surface area contributed by atoms with E-state index in [1.807, 2.05) is 0 Å². The lowest BCUT2D eigenvalue weighted by Crippen LogP contribution is -2.51. The second-order valence-corrected chi connectivity index (χ2v) is 7.72. The Morgan fingerprint density at radius 1 is 1.54 bits per heavy atom. The van der Waals surface area contributed by atoms with Gasteiger partial charge in [-0.05, 0) is 12.8 Å². The molecule has 3 amide bonds. The smallest absolute Gasteiger partial charge is 0.375 e. The van der Waals surface area contributed by atoms with Crippen molar-refractivity contribution in [3.63, 3.8) is 0 Å². The van der Waals surface area contributed by atoms with Crippen molar-refractivity contribution >= 4 is 44.6 Å². The molecule has 0 spiro atoms. The van der Waals surface area contributed by atoms with Crippen LogP contribution in [-0.4, -0.2) is 64.3 Å². The zero-order chi connectivity index (χ0) is 19.1. The van der Waals surface area contributed by atoms with Crippen molar-refractivity contribution in [2.75, 3.05) is 12.3 Å². The van der Waals surface area contributed by atoms with Gasteiger partial charge >= 0.3 is 16.4 Å². The molecule has 2 fully saturated rings. The first kappa shape index (κ1) is 18.5. The van der Waals surface area contributed by atoms with E-state index in [0.29, 0.717) is 28.7 Å². The average Bonchev–Trinajstić information content (AvgIpc) is 3.03. The molecule has 1 aromatic heterocycles. The Hall–Kier alpha value is -2.29. The molecule has 2 aliphatic rings. The molecular formula is C12H16N6O6S2. The third-order valence-electron chi connectivity index (χ3n) is 4.02. The first-order valence-corrected chi connectivity index (χ1v) is 9.73. The van der Waals surface area contributed by atoms with Crippen molar-refractivity contribution in [1.82, 2.24) is 20.3 Å². The van der Waals surface area contributed by atoms with Crippen molar-refractivity contribution in [2.45, 2.75) is 31.3 Å². The van der Waals surface area contributed by atoms with Gasteiger partial charge < -0.3 is 16.0 Å². The minimum absolute atomic E-state index is 0.0582.